The standard InChI is InChI=1S/C16H14O2/c17-13-10-16(8-3-9-16)18-14-7-6-11-4-1-2-5-12(11)15(13)14/h1-2,4-7H,3,8-10H2. The molecule has 0 radical (unpaired) electrons. The van der Waals surface area contributed by atoms with Gasteiger partial charge in [0.15, 0.2) is 5.78 Å². The first-order valence-corrected chi connectivity index (χ1v) is 6.51. The minimum Gasteiger partial charge on any atom is -0.486 e. The third kappa shape index (κ3) is 1.26. The molecule has 0 aromatic heterocycles. The number of benzene rings is 2. The van der Waals surface area contributed by atoms with Gasteiger partial charge in [0.05, 0.1) is 12.0 Å². The number of Topliss-reactive ketones (excluding diaryl/α,β-unsaturated/α-hetero) is 1. The smallest absolute Gasteiger partial charge is 0.171 e. The van der Waals surface area contributed by atoms with Crippen molar-refractivity contribution in [2.75, 3.05) is 0 Å². The van der Waals surface area contributed by atoms with Gasteiger partial charge in [0.1, 0.15) is 11.4 Å². The Labute approximate surface area is 106 Å². The van der Waals surface area contributed by atoms with Gasteiger partial charge in [-0.25, -0.2) is 0 Å². The number of hydrogen-bond acceptors (Lipinski definition) is 2. The van der Waals surface area contributed by atoms with Crippen LogP contribution in [-0.4, -0.2) is 11.4 Å². The molecule has 0 unspecified atom stereocenters. The van der Waals surface area contributed by atoms with Gasteiger partial charge in [0.25, 0.3) is 0 Å². The van der Waals surface area contributed by atoms with Crippen LogP contribution < -0.4 is 4.74 Å². The molecule has 90 valence electrons. The average Bonchev–Trinajstić information content (AvgIpc) is 2.36. The molecular weight excluding hydrogens is 224 g/mol. The molecule has 18 heavy (non-hydrogen) atoms. The van der Waals surface area contributed by atoms with E-state index in [0.29, 0.717) is 6.42 Å². The van der Waals surface area contributed by atoms with Crippen LogP contribution >= 0.6 is 0 Å². The average molecular weight is 238 g/mol. The van der Waals surface area contributed by atoms with Crippen LogP contribution in [0.4, 0.5) is 0 Å². The van der Waals surface area contributed by atoms with E-state index in [9.17, 15) is 4.79 Å². The third-order valence-corrected chi connectivity index (χ3v) is 4.24. The second-order valence-electron chi connectivity index (χ2n) is 5.40. The van der Waals surface area contributed by atoms with Gasteiger partial charge in [-0.3, -0.25) is 4.79 Å². The maximum atomic E-state index is 12.4. The highest BCUT2D eigenvalue weighted by atomic mass is 16.5. The Morgan fingerprint density at radius 2 is 1.89 bits per heavy atom. The zero-order chi connectivity index (χ0) is 12.2. The van der Waals surface area contributed by atoms with E-state index in [0.717, 1.165) is 34.9 Å². The van der Waals surface area contributed by atoms with Gasteiger partial charge in [-0.2, -0.15) is 0 Å². The van der Waals surface area contributed by atoms with Gasteiger partial charge in [0, 0.05) is 0 Å². The van der Waals surface area contributed by atoms with Gasteiger partial charge in [-0.1, -0.05) is 30.3 Å². The summed E-state index contributed by atoms with van der Waals surface area (Å²) in [4.78, 5) is 12.4. The van der Waals surface area contributed by atoms with Crippen LogP contribution in [0.15, 0.2) is 36.4 Å². The van der Waals surface area contributed by atoms with Crippen LogP contribution in [0.1, 0.15) is 36.0 Å². The van der Waals surface area contributed by atoms with Crippen molar-refractivity contribution >= 4 is 16.6 Å². The van der Waals surface area contributed by atoms with Gasteiger partial charge in [-0.15, -0.1) is 0 Å². The highest BCUT2D eigenvalue weighted by molar-refractivity contribution is 6.11. The molecule has 2 aromatic rings. The van der Waals surface area contributed by atoms with Crippen molar-refractivity contribution in [2.45, 2.75) is 31.3 Å². The normalized spacial score (nSPS) is 20.3. The molecule has 4 rings (SSSR count). The molecule has 1 fully saturated rings. The molecule has 1 saturated carbocycles. The molecule has 0 N–H and O–H groups in total. The molecule has 2 aliphatic rings. The molecule has 0 saturated heterocycles. The summed E-state index contributed by atoms with van der Waals surface area (Å²) >= 11 is 0. The highest BCUT2D eigenvalue weighted by Gasteiger charge is 2.45. The summed E-state index contributed by atoms with van der Waals surface area (Å²) < 4.78 is 6.11. The zero-order valence-corrected chi connectivity index (χ0v) is 10.1. The van der Waals surface area contributed by atoms with Gasteiger partial charge in [-0.05, 0) is 36.1 Å². The van der Waals surface area contributed by atoms with Crippen molar-refractivity contribution in [3.63, 3.8) is 0 Å². The number of ether oxygens (including phenoxy) is 1. The first kappa shape index (κ1) is 10.1. The number of carbonyl (C=O) groups excluding carboxylic acids is 1. The first-order chi connectivity index (χ1) is 8.77. The Kier molecular flexibility index (Phi) is 1.88. The molecule has 0 amide bonds. The minimum absolute atomic E-state index is 0.174. The lowest BCUT2D eigenvalue weighted by Crippen LogP contribution is -2.47. The summed E-state index contributed by atoms with van der Waals surface area (Å²) in [7, 11) is 0. The third-order valence-electron chi connectivity index (χ3n) is 4.24. The van der Waals surface area contributed by atoms with E-state index in [2.05, 4.69) is 0 Å². The fourth-order valence-electron chi connectivity index (χ4n) is 3.12. The van der Waals surface area contributed by atoms with E-state index in [1.54, 1.807) is 0 Å². The summed E-state index contributed by atoms with van der Waals surface area (Å²) in [5.74, 6) is 1.03. The molecular formula is C16H14O2. The van der Waals surface area contributed by atoms with Crippen LogP contribution in [0.25, 0.3) is 10.8 Å². The Balaban J connectivity index is 1.95. The van der Waals surface area contributed by atoms with Crippen LogP contribution in [-0.2, 0) is 0 Å². The SMILES string of the molecule is O=C1CC2(CCC2)Oc2ccc3ccccc3c21. The van der Waals surface area contributed by atoms with Crippen LogP contribution in [0.3, 0.4) is 0 Å². The van der Waals surface area contributed by atoms with Gasteiger partial charge >= 0.3 is 0 Å². The van der Waals surface area contributed by atoms with Crippen molar-refractivity contribution in [3.05, 3.63) is 42.0 Å². The lowest BCUT2D eigenvalue weighted by Gasteiger charge is -2.44. The van der Waals surface area contributed by atoms with Crippen molar-refractivity contribution in [1.82, 2.24) is 0 Å². The molecule has 1 heterocycles. The largest absolute Gasteiger partial charge is 0.486 e. The van der Waals surface area contributed by atoms with Crippen LogP contribution in [0.5, 0.6) is 5.75 Å². The highest BCUT2D eigenvalue weighted by Crippen LogP contribution is 2.46. The maximum Gasteiger partial charge on any atom is 0.171 e. The monoisotopic (exact) mass is 238 g/mol. The van der Waals surface area contributed by atoms with Crippen LogP contribution in [0.2, 0.25) is 0 Å². The number of hydrogen-bond donors (Lipinski definition) is 0. The Hall–Kier alpha value is -1.83. The maximum absolute atomic E-state index is 12.4. The van der Waals surface area contributed by atoms with E-state index in [4.69, 9.17) is 4.74 Å². The summed E-state index contributed by atoms with van der Waals surface area (Å²) in [6.07, 6.45) is 3.76. The molecule has 0 atom stereocenters. The predicted molar refractivity (Wildman–Crippen MR) is 70.1 cm³/mol. The van der Waals surface area contributed by atoms with E-state index < -0.39 is 0 Å². The Morgan fingerprint density at radius 1 is 1.06 bits per heavy atom. The van der Waals surface area contributed by atoms with Crippen molar-refractivity contribution < 1.29 is 9.53 Å². The van der Waals surface area contributed by atoms with Crippen molar-refractivity contribution in [3.8, 4) is 5.75 Å². The summed E-state index contributed by atoms with van der Waals surface area (Å²) in [6.45, 7) is 0. The quantitative estimate of drug-likeness (QED) is 0.699. The van der Waals surface area contributed by atoms with E-state index >= 15 is 0 Å². The molecule has 2 aromatic carbocycles. The summed E-state index contributed by atoms with van der Waals surface area (Å²) in [6, 6.07) is 12.0. The van der Waals surface area contributed by atoms with E-state index in [-0.39, 0.29) is 11.4 Å². The molecule has 2 heteroatoms. The number of carbonyl (C=O) groups is 1. The van der Waals surface area contributed by atoms with E-state index in [1.807, 2.05) is 36.4 Å². The van der Waals surface area contributed by atoms with Gasteiger partial charge in [0.2, 0.25) is 0 Å². The number of rotatable bonds is 0. The fourth-order valence-corrected chi connectivity index (χ4v) is 3.12. The lowest BCUT2D eigenvalue weighted by atomic mass is 9.74. The zero-order valence-electron chi connectivity index (χ0n) is 10.1. The molecule has 0 bridgehead atoms. The lowest BCUT2D eigenvalue weighted by molar-refractivity contribution is -0.0174. The Morgan fingerprint density at radius 3 is 2.67 bits per heavy atom. The van der Waals surface area contributed by atoms with Crippen molar-refractivity contribution in [2.24, 2.45) is 0 Å². The molecule has 1 spiro atoms. The Bertz CT molecular complexity index is 653. The van der Waals surface area contributed by atoms with Crippen molar-refractivity contribution in [1.29, 1.82) is 0 Å². The van der Waals surface area contributed by atoms with Crippen LogP contribution in [0, 0.1) is 0 Å². The van der Waals surface area contributed by atoms with E-state index in [1.165, 1.54) is 6.42 Å². The van der Waals surface area contributed by atoms with Gasteiger partial charge < -0.3 is 4.74 Å². The summed E-state index contributed by atoms with van der Waals surface area (Å²) in [5.41, 5.74) is 0.609. The second kappa shape index (κ2) is 3.35. The minimum atomic E-state index is -0.174. The predicted octanol–water partition coefficient (Wildman–Crippen LogP) is 3.73. The number of fused-ring (bicyclic) bond motifs is 3. The topological polar surface area (TPSA) is 26.3 Å². The summed E-state index contributed by atoms with van der Waals surface area (Å²) in [5, 5.41) is 2.13. The second-order valence-corrected chi connectivity index (χ2v) is 5.40. The first-order valence-electron chi connectivity index (χ1n) is 6.51. The number of ketones is 1. The molecule has 1 aliphatic heterocycles. The molecule has 2 nitrogen and oxygen atoms in total. The fraction of sp³-hybridized carbons (Fsp3) is 0.312. The molecule has 1 aliphatic carbocycles.